The number of carbonyl (C=O) groups is 2. The Labute approximate surface area is 511 Å². The zero-order chi connectivity index (χ0) is 60.0. The summed E-state index contributed by atoms with van der Waals surface area (Å²) in [6.07, 6.45) is 76.2. The maximum Gasteiger partial charge on any atom is 0.472 e. The van der Waals surface area contributed by atoms with Crippen molar-refractivity contribution in [2.24, 2.45) is 0 Å². The van der Waals surface area contributed by atoms with Crippen LogP contribution in [0.25, 0.3) is 0 Å². The second kappa shape index (κ2) is 62.5. The Kier molecular flexibility index (Phi) is 61.4. The van der Waals surface area contributed by atoms with E-state index < -0.39 is 20.0 Å². The Morgan fingerprint density at radius 3 is 1.04 bits per heavy atom. The molecule has 2 N–H and O–H groups in total. The molecule has 0 aromatic heterocycles. The fraction of sp³-hybridized carbons (Fsp3) is 0.917. The summed E-state index contributed by atoms with van der Waals surface area (Å²) >= 11 is 0. The SMILES string of the molecule is CCCCCCCC/C=C/CCCCCCCCCCCCCC(=O)NC(COP(=O)(O)OCC[N+](C)(C)C)C(/C=C/CCCCCCCCCCCC)OC(=O)CCCCCCCCCCCCCCCCCCCCCCCCC. The number of carbonyl (C=O) groups excluding carboxylic acids is 2. The highest BCUT2D eigenvalue weighted by Gasteiger charge is 2.30. The smallest absolute Gasteiger partial charge is 0.456 e. The van der Waals surface area contributed by atoms with Gasteiger partial charge in [-0.2, -0.15) is 0 Å². The number of hydrogen-bond acceptors (Lipinski definition) is 6. The largest absolute Gasteiger partial charge is 0.472 e. The van der Waals surface area contributed by atoms with Gasteiger partial charge < -0.3 is 19.4 Å². The van der Waals surface area contributed by atoms with E-state index in [2.05, 4.69) is 44.3 Å². The molecule has 3 unspecified atom stereocenters. The molecule has 0 aromatic rings. The van der Waals surface area contributed by atoms with E-state index in [1.165, 1.54) is 283 Å². The van der Waals surface area contributed by atoms with Gasteiger partial charge in [-0.15, -0.1) is 0 Å². The molecule has 0 fully saturated rings. The first-order valence-corrected chi connectivity index (χ1v) is 37.7. The lowest BCUT2D eigenvalue weighted by molar-refractivity contribution is -0.870. The third-order valence-electron chi connectivity index (χ3n) is 16.6. The Hall–Kier alpha value is -1.51. The van der Waals surface area contributed by atoms with Crippen LogP contribution in [0.15, 0.2) is 24.3 Å². The van der Waals surface area contributed by atoms with Crippen molar-refractivity contribution in [3.8, 4) is 0 Å². The number of unbranched alkanes of at least 4 members (excludes halogenated alkanes) is 49. The molecule has 0 spiro atoms. The molecule has 486 valence electrons. The number of rotatable bonds is 67. The van der Waals surface area contributed by atoms with Crippen LogP contribution in [0.1, 0.15) is 374 Å². The average molecular weight is 1180 g/mol. The molecule has 0 aliphatic carbocycles. The number of ether oxygens (including phenoxy) is 1. The first-order chi connectivity index (χ1) is 39.9. The van der Waals surface area contributed by atoms with Gasteiger partial charge in [0.05, 0.1) is 33.8 Å². The zero-order valence-corrected chi connectivity index (χ0v) is 56.7. The summed E-state index contributed by atoms with van der Waals surface area (Å²) in [6, 6.07) is -0.844. The number of nitrogens with zero attached hydrogens (tertiary/aromatic N) is 1. The third kappa shape index (κ3) is 63.0. The molecule has 0 heterocycles. The third-order valence-corrected chi connectivity index (χ3v) is 17.6. The second-order valence-electron chi connectivity index (χ2n) is 26.1. The summed E-state index contributed by atoms with van der Waals surface area (Å²) in [4.78, 5) is 37.9. The highest BCUT2D eigenvalue weighted by atomic mass is 31.2. The van der Waals surface area contributed by atoms with Gasteiger partial charge in [-0.25, -0.2) is 4.57 Å². The number of quaternary nitrogens is 1. The fourth-order valence-corrected chi connectivity index (χ4v) is 11.8. The summed E-state index contributed by atoms with van der Waals surface area (Å²) < 4.78 is 30.8. The van der Waals surface area contributed by atoms with Gasteiger partial charge >= 0.3 is 13.8 Å². The van der Waals surface area contributed by atoms with E-state index in [9.17, 15) is 19.0 Å². The standard InChI is InChI=1S/C72H141N2O7P/c1-7-10-13-16-19-22-25-28-30-32-34-36-37-39-41-43-45-47-50-53-56-59-62-65-72(76)81-70(63-60-57-54-51-48-27-24-21-18-15-12-9-3)69(68-80-82(77,78)79-67-66-74(4,5)6)73-71(75)64-61-58-55-52-49-46-44-42-40-38-35-33-31-29-26-23-20-17-14-11-8-2/h29,31,60,63,69-70H,7-28,30,32-59,61-62,64-68H2,1-6H3,(H-,73,75,77,78)/p+1/b31-29+,63-60+. The van der Waals surface area contributed by atoms with Crippen LogP contribution >= 0.6 is 7.82 Å². The van der Waals surface area contributed by atoms with Crippen molar-refractivity contribution in [2.45, 2.75) is 386 Å². The molecule has 0 bridgehead atoms. The topological polar surface area (TPSA) is 111 Å². The lowest BCUT2D eigenvalue weighted by Crippen LogP contribution is -2.47. The van der Waals surface area contributed by atoms with E-state index in [1.54, 1.807) is 0 Å². The van der Waals surface area contributed by atoms with Crippen LogP contribution in [-0.4, -0.2) is 74.3 Å². The summed E-state index contributed by atoms with van der Waals surface area (Å²) in [6.45, 7) is 7.08. The van der Waals surface area contributed by atoms with Crippen molar-refractivity contribution >= 4 is 19.7 Å². The molecule has 0 aromatic carbocycles. The monoisotopic (exact) mass is 1180 g/mol. The number of esters is 1. The summed E-state index contributed by atoms with van der Waals surface area (Å²) in [7, 11) is 1.52. The molecule has 10 heteroatoms. The van der Waals surface area contributed by atoms with Crippen molar-refractivity contribution in [1.82, 2.24) is 5.32 Å². The van der Waals surface area contributed by atoms with Gasteiger partial charge in [-0.3, -0.25) is 18.6 Å². The first kappa shape index (κ1) is 80.5. The first-order valence-electron chi connectivity index (χ1n) is 36.2. The lowest BCUT2D eigenvalue weighted by atomic mass is 10.0. The Morgan fingerprint density at radius 2 is 0.707 bits per heavy atom. The van der Waals surface area contributed by atoms with Crippen LogP contribution < -0.4 is 5.32 Å². The van der Waals surface area contributed by atoms with E-state index >= 15 is 0 Å². The van der Waals surface area contributed by atoms with Gasteiger partial charge in [-0.1, -0.05) is 328 Å². The van der Waals surface area contributed by atoms with Crippen LogP contribution in [0, 0.1) is 0 Å². The van der Waals surface area contributed by atoms with Crippen molar-refractivity contribution in [1.29, 1.82) is 0 Å². The predicted octanol–water partition coefficient (Wildman–Crippen LogP) is 22.9. The molecule has 1 amide bonds. The highest BCUT2D eigenvalue weighted by molar-refractivity contribution is 7.47. The van der Waals surface area contributed by atoms with Crippen molar-refractivity contribution in [2.75, 3.05) is 40.9 Å². The van der Waals surface area contributed by atoms with Crippen LogP contribution in [0.5, 0.6) is 0 Å². The van der Waals surface area contributed by atoms with Gasteiger partial charge in [0.1, 0.15) is 19.3 Å². The Balaban J connectivity index is 5.02. The van der Waals surface area contributed by atoms with Crippen LogP contribution in [0.3, 0.4) is 0 Å². The second-order valence-corrected chi connectivity index (χ2v) is 27.6. The fourth-order valence-electron chi connectivity index (χ4n) is 11.1. The normalized spacial score (nSPS) is 13.6. The van der Waals surface area contributed by atoms with E-state index in [-0.39, 0.29) is 25.1 Å². The number of likely N-dealkylation sites (N-methyl/N-ethyl adjacent to an activating group) is 1. The zero-order valence-electron chi connectivity index (χ0n) is 55.8. The number of phosphoric ester groups is 1. The maximum atomic E-state index is 13.6. The number of allylic oxidation sites excluding steroid dienone is 3. The highest BCUT2D eigenvalue weighted by Crippen LogP contribution is 2.43. The minimum Gasteiger partial charge on any atom is -0.456 e. The van der Waals surface area contributed by atoms with Crippen LogP contribution in [0.4, 0.5) is 0 Å². The van der Waals surface area contributed by atoms with E-state index in [0.29, 0.717) is 23.9 Å². The number of hydrogen-bond donors (Lipinski definition) is 2. The van der Waals surface area contributed by atoms with Gasteiger partial charge in [0.25, 0.3) is 0 Å². The molecule has 0 rings (SSSR count). The summed E-state index contributed by atoms with van der Waals surface area (Å²) in [5, 5.41) is 3.08. The molecule has 82 heavy (non-hydrogen) atoms. The molecule has 0 radical (unpaired) electrons. The number of nitrogens with one attached hydrogen (secondary N) is 1. The van der Waals surface area contributed by atoms with Crippen molar-refractivity contribution in [3.63, 3.8) is 0 Å². The lowest BCUT2D eigenvalue weighted by Gasteiger charge is -2.27. The van der Waals surface area contributed by atoms with E-state index in [4.69, 9.17) is 13.8 Å². The summed E-state index contributed by atoms with van der Waals surface area (Å²) in [5.41, 5.74) is 0. The van der Waals surface area contributed by atoms with E-state index in [1.807, 2.05) is 27.2 Å². The number of amides is 1. The molecule has 0 saturated heterocycles. The molecule has 0 saturated carbocycles. The maximum absolute atomic E-state index is 13.6. The Morgan fingerprint density at radius 1 is 0.415 bits per heavy atom. The minimum atomic E-state index is -4.45. The molecule has 9 nitrogen and oxygen atoms in total. The quantitative estimate of drug-likeness (QED) is 0.0205. The van der Waals surface area contributed by atoms with E-state index in [0.717, 1.165) is 57.8 Å². The van der Waals surface area contributed by atoms with Gasteiger partial charge in [0.2, 0.25) is 5.91 Å². The van der Waals surface area contributed by atoms with Crippen LogP contribution in [-0.2, 0) is 27.9 Å². The van der Waals surface area contributed by atoms with Crippen molar-refractivity contribution in [3.05, 3.63) is 24.3 Å². The average Bonchev–Trinajstić information content (AvgIpc) is 3.44. The summed E-state index contributed by atoms with van der Waals surface area (Å²) in [5.74, 6) is -0.482. The number of phosphoric acid groups is 1. The molecule has 0 aliphatic heterocycles. The molecular formula is C72H142N2O7P+. The predicted molar refractivity (Wildman–Crippen MR) is 356 cm³/mol. The van der Waals surface area contributed by atoms with Gasteiger partial charge in [-0.05, 0) is 57.4 Å². The van der Waals surface area contributed by atoms with Gasteiger partial charge in [0.15, 0.2) is 0 Å². The van der Waals surface area contributed by atoms with Gasteiger partial charge in [0, 0.05) is 12.8 Å². The Bertz CT molecular complexity index is 1450. The minimum absolute atomic E-state index is 0.0442. The van der Waals surface area contributed by atoms with Crippen molar-refractivity contribution < 1.29 is 37.3 Å². The molecular weight excluding hydrogens is 1040 g/mol. The molecule has 3 atom stereocenters. The molecule has 0 aliphatic rings. The van der Waals surface area contributed by atoms with Crippen LogP contribution in [0.2, 0.25) is 0 Å².